The molecule has 1 aromatic carbocycles. The molecule has 0 radical (unpaired) electrons. The molecule has 0 spiro atoms. The van der Waals surface area contributed by atoms with E-state index in [9.17, 15) is 9.90 Å². The minimum absolute atomic E-state index is 0.203. The molecule has 142 valence electrons. The van der Waals surface area contributed by atoms with Crippen LogP contribution in [0.5, 0.6) is 0 Å². The molecule has 1 N–H and O–H groups in total. The molecule has 4 atom stereocenters. The number of allylic oxidation sites excluding steroid dienone is 1. The number of hydrogen-bond donors (Lipinski definition) is 1. The molecule has 1 aromatic rings. The predicted molar refractivity (Wildman–Crippen MR) is 107 cm³/mol. The summed E-state index contributed by atoms with van der Waals surface area (Å²) in [5.41, 5.74) is 0.749. The van der Waals surface area contributed by atoms with E-state index in [1.54, 1.807) is 0 Å². The van der Waals surface area contributed by atoms with Crippen LogP contribution in [0.15, 0.2) is 36.4 Å². The second-order valence-corrected chi connectivity index (χ2v) is 8.71. The average molecular weight is 356 g/mol. The van der Waals surface area contributed by atoms with Crippen molar-refractivity contribution in [2.75, 3.05) is 13.1 Å². The maximum Gasteiger partial charge on any atom is 0.309 e. The number of benzene rings is 1. The Kier molecular flexibility index (Phi) is 5.86. The molecule has 1 aliphatic carbocycles. The highest BCUT2D eigenvalue weighted by atomic mass is 16.4. The summed E-state index contributed by atoms with van der Waals surface area (Å²) in [6, 6.07) is 10.9. The Hall–Kier alpha value is -1.61. The third kappa shape index (κ3) is 3.88. The van der Waals surface area contributed by atoms with E-state index in [0.29, 0.717) is 17.9 Å². The summed E-state index contributed by atoms with van der Waals surface area (Å²) in [6.07, 6.45) is 8.47. The molecule has 2 fully saturated rings. The second kappa shape index (κ2) is 7.96. The summed E-state index contributed by atoms with van der Waals surface area (Å²) < 4.78 is 0. The molecule has 0 amide bonds. The van der Waals surface area contributed by atoms with Gasteiger partial charge in [0.1, 0.15) is 0 Å². The van der Waals surface area contributed by atoms with Crippen molar-refractivity contribution in [1.82, 2.24) is 4.90 Å². The first kappa shape index (κ1) is 19.2. The van der Waals surface area contributed by atoms with E-state index in [4.69, 9.17) is 0 Å². The van der Waals surface area contributed by atoms with Gasteiger partial charge in [-0.1, -0.05) is 63.3 Å². The number of carbonyl (C=O) groups is 1. The predicted octanol–water partition coefficient (Wildman–Crippen LogP) is 4.94. The maximum absolute atomic E-state index is 11.9. The number of hydrogen-bond acceptors (Lipinski definition) is 2. The summed E-state index contributed by atoms with van der Waals surface area (Å²) >= 11 is 0. The van der Waals surface area contributed by atoms with Gasteiger partial charge < -0.3 is 10.0 Å². The first-order chi connectivity index (χ1) is 12.4. The van der Waals surface area contributed by atoms with Gasteiger partial charge in [0.15, 0.2) is 0 Å². The van der Waals surface area contributed by atoms with Gasteiger partial charge in [0, 0.05) is 12.6 Å². The topological polar surface area (TPSA) is 40.5 Å². The van der Waals surface area contributed by atoms with Crippen molar-refractivity contribution in [2.45, 2.75) is 52.5 Å². The van der Waals surface area contributed by atoms with E-state index >= 15 is 0 Å². The molecule has 3 heteroatoms. The van der Waals surface area contributed by atoms with Crippen molar-refractivity contribution in [1.29, 1.82) is 0 Å². The molecule has 2 unspecified atom stereocenters. The lowest BCUT2D eigenvalue weighted by atomic mass is 9.75. The van der Waals surface area contributed by atoms with Crippen LogP contribution < -0.4 is 0 Å². The van der Waals surface area contributed by atoms with E-state index in [-0.39, 0.29) is 5.92 Å². The van der Waals surface area contributed by atoms with Gasteiger partial charge in [0.25, 0.3) is 0 Å². The molecule has 3 rings (SSSR count). The molecule has 1 heterocycles. The maximum atomic E-state index is 11.9. The molecule has 1 aliphatic heterocycles. The van der Waals surface area contributed by atoms with Crippen molar-refractivity contribution in [2.24, 2.45) is 23.2 Å². The van der Waals surface area contributed by atoms with Crippen molar-refractivity contribution in [3.05, 3.63) is 42.0 Å². The molecule has 3 nitrogen and oxygen atoms in total. The van der Waals surface area contributed by atoms with Crippen LogP contribution in [-0.4, -0.2) is 35.1 Å². The van der Waals surface area contributed by atoms with Crippen molar-refractivity contribution in [3.8, 4) is 0 Å². The molecule has 1 saturated carbocycles. The highest BCUT2D eigenvalue weighted by molar-refractivity contribution is 5.75. The SMILES string of the molecule is CC(C)C1(C(=O)O)CCC(N2CC[C@@H](/C=C\c3ccccc3)[C@@H](C)C2)C1. The van der Waals surface area contributed by atoms with Crippen LogP contribution in [0.4, 0.5) is 0 Å². The quantitative estimate of drug-likeness (QED) is 0.813. The average Bonchev–Trinajstić information content (AvgIpc) is 3.08. The largest absolute Gasteiger partial charge is 0.481 e. The van der Waals surface area contributed by atoms with Crippen LogP contribution in [-0.2, 0) is 4.79 Å². The Bertz CT molecular complexity index is 639. The van der Waals surface area contributed by atoms with Crippen molar-refractivity contribution < 1.29 is 9.90 Å². The number of nitrogens with zero attached hydrogens (tertiary/aromatic N) is 1. The summed E-state index contributed by atoms with van der Waals surface area (Å²) in [5, 5.41) is 9.79. The summed E-state index contributed by atoms with van der Waals surface area (Å²) in [7, 11) is 0. The van der Waals surface area contributed by atoms with Gasteiger partial charge in [-0.3, -0.25) is 4.79 Å². The van der Waals surface area contributed by atoms with Gasteiger partial charge in [-0.15, -0.1) is 0 Å². The van der Waals surface area contributed by atoms with E-state index in [1.807, 2.05) is 6.07 Å². The number of aliphatic carboxylic acids is 1. The van der Waals surface area contributed by atoms with Gasteiger partial charge in [-0.25, -0.2) is 0 Å². The minimum atomic E-state index is -0.594. The summed E-state index contributed by atoms with van der Waals surface area (Å²) in [6.45, 7) is 8.66. The monoisotopic (exact) mass is 355 g/mol. The van der Waals surface area contributed by atoms with Crippen molar-refractivity contribution in [3.63, 3.8) is 0 Å². The van der Waals surface area contributed by atoms with Crippen molar-refractivity contribution >= 4 is 12.0 Å². The summed E-state index contributed by atoms with van der Waals surface area (Å²) in [5.74, 6) is 0.835. The fourth-order valence-corrected chi connectivity index (χ4v) is 4.94. The number of carboxylic acid groups (broad SMARTS) is 1. The van der Waals surface area contributed by atoms with Gasteiger partial charge in [-0.2, -0.15) is 0 Å². The Morgan fingerprint density at radius 1 is 1.27 bits per heavy atom. The molecule has 1 saturated heterocycles. The zero-order valence-electron chi connectivity index (χ0n) is 16.4. The Morgan fingerprint density at radius 2 is 2.00 bits per heavy atom. The molecule has 0 aromatic heterocycles. The number of likely N-dealkylation sites (tertiary alicyclic amines) is 1. The van der Waals surface area contributed by atoms with Crippen LogP contribution in [0.3, 0.4) is 0 Å². The molecule has 2 aliphatic rings. The van der Waals surface area contributed by atoms with E-state index in [2.05, 4.69) is 62.1 Å². The lowest BCUT2D eigenvalue weighted by molar-refractivity contribution is -0.151. The molecular weight excluding hydrogens is 322 g/mol. The lowest BCUT2D eigenvalue weighted by Gasteiger charge is -2.40. The van der Waals surface area contributed by atoms with Gasteiger partial charge in [0.2, 0.25) is 0 Å². The Morgan fingerprint density at radius 3 is 2.58 bits per heavy atom. The number of rotatable bonds is 5. The molecule has 26 heavy (non-hydrogen) atoms. The lowest BCUT2D eigenvalue weighted by Crippen LogP contribution is -2.45. The minimum Gasteiger partial charge on any atom is -0.481 e. The normalized spacial score (nSPS) is 33.2. The fraction of sp³-hybridized carbons (Fsp3) is 0.609. The summed E-state index contributed by atoms with van der Waals surface area (Å²) in [4.78, 5) is 14.5. The highest BCUT2D eigenvalue weighted by Crippen LogP contribution is 2.47. The van der Waals surface area contributed by atoms with Crippen LogP contribution in [0.1, 0.15) is 52.0 Å². The van der Waals surface area contributed by atoms with Crippen LogP contribution in [0, 0.1) is 23.2 Å². The smallest absolute Gasteiger partial charge is 0.309 e. The van der Waals surface area contributed by atoms with Crippen LogP contribution in [0.25, 0.3) is 6.08 Å². The third-order valence-electron chi connectivity index (χ3n) is 6.91. The molecule has 0 bridgehead atoms. The zero-order valence-corrected chi connectivity index (χ0v) is 16.4. The third-order valence-corrected chi connectivity index (χ3v) is 6.91. The Balaban J connectivity index is 1.59. The Labute approximate surface area is 158 Å². The fourth-order valence-electron chi connectivity index (χ4n) is 4.94. The number of piperidine rings is 1. The van der Waals surface area contributed by atoms with Crippen LogP contribution in [0.2, 0.25) is 0 Å². The van der Waals surface area contributed by atoms with E-state index in [1.165, 1.54) is 12.0 Å². The second-order valence-electron chi connectivity index (χ2n) is 8.71. The van der Waals surface area contributed by atoms with E-state index < -0.39 is 11.4 Å². The van der Waals surface area contributed by atoms with Gasteiger partial charge in [0.05, 0.1) is 5.41 Å². The zero-order chi connectivity index (χ0) is 18.7. The first-order valence-corrected chi connectivity index (χ1v) is 10.1. The van der Waals surface area contributed by atoms with Gasteiger partial charge in [-0.05, 0) is 55.5 Å². The highest BCUT2D eigenvalue weighted by Gasteiger charge is 2.49. The first-order valence-electron chi connectivity index (χ1n) is 10.1. The van der Waals surface area contributed by atoms with Gasteiger partial charge >= 0.3 is 5.97 Å². The standard InChI is InChI=1S/C23H33NO2/c1-17(2)23(22(25)26)13-11-21(15-23)24-14-12-20(18(3)16-24)10-9-19-7-5-4-6-8-19/h4-10,17-18,20-21H,11-16H2,1-3H3,(H,25,26)/b10-9-/t18-,20+,21?,23?/m0/s1. The van der Waals surface area contributed by atoms with E-state index in [0.717, 1.165) is 32.4 Å². The van der Waals surface area contributed by atoms with Crippen LogP contribution >= 0.6 is 0 Å². The molecular formula is C23H33NO2. The number of carboxylic acids is 1.